The second kappa shape index (κ2) is 4.87. The summed E-state index contributed by atoms with van der Waals surface area (Å²) in [5, 5.41) is 8.75. The molecule has 2 rings (SSSR count). The number of pyridine rings is 1. The Hall–Kier alpha value is -2.36. The van der Waals surface area contributed by atoms with Gasteiger partial charge in [-0.05, 0) is 29.7 Å². The second-order valence-electron chi connectivity index (χ2n) is 4.09. The minimum atomic E-state index is -1.03. The molecule has 4 nitrogen and oxygen atoms in total. The quantitative estimate of drug-likeness (QED) is 0.895. The highest BCUT2D eigenvalue weighted by molar-refractivity contribution is 5.68. The van der Waals surface area contributed by atoms with E-state index in [0.29, 0.717) is 0 Å². The van der Waals surface area contributed by atoms with Gasteiger partial charge in [-0.15, -0.1) is 0 Å². The van der Waals surface area contributed by atoms with E-state index in [1.54, 1.807) is 12.3 Å². The molecule has 92 valence electrons. The van der Waals surface area contributed by atoms with E-state index in [-0.39, 0.29) is 12.1 Å². The monoisotopic (exact) mass is 243 g/mol. The van der Waals surface area contributed by atoms with Gasteiger partial charge in [0.25, 0.3) is 5.56 Å². The van der Waals surface area contributed by atoms with E-state index in [0.717, 1.165) is 16.7 Å². The van der Waals surface area contributed by atoms with Crippen LogP contribution in [-0.4, -0.2) is 15.6 Å². The highest BCUT2D eigenvalue weighted by Crippen LogP contribution is 2.21. The van der Waals surface area contributed by atoms with E-state index < -0.39 is 5.97 Å². The molecule has 1 aromatic carbocycles. The Morgan fingerprint density at radius 2 is 1.94 bits per heavy atom. The SMILES string of the molecule is Cc1ccccc1-c1ccc(=O)n(CC(=O)O)c1. The molecule has 18 heavy (non-hydrogen) atoms. The third kappa shape index (κ3) is 2.48. The number of nitrogens with zero attached hydrogens (tertiary/aromatic N) is 1. The van der Waals surface area contributed by atoms with Crippen LogP contribution >= 0.6 is 0 Å². The summed E-state index contributed by atoms with van der Waals surface area (Å²) in [6.45, 7) is 1.65. The van der Waals surface area contributed by atoms with Crippen molar-refractivity contribution < 1.29 is 9.90 Å². The maximum Gasteiger partial charge on any atom is 0.323 e. The number of rotatable bonds is 3. The number of hydrogen-bond donors (Lipinski definition) is 1. The van der Waals surface area contributed by atoms with Gasteiger partial charge in [-0.1, -0.05) is 24.3 Å². The molecule has 0 atom stereocenters. The van der Waals surface area contributed by atoms with Crippen LogP contribution in [0, 0.1) is 6.92 Å². The lowest BCUT2D eigenvalue weighted by molar-refractivity contribution is -0.137. The Balaban J connectivity index is 2.51. The Labute approximate surface area is 104 Å². The Morgan fingerprint density at radius 3 is 2.61 bits per heavy atom. The van der Waals surface area contributed by atoms with Crippen LogP contribution in [0.5, 0.6) is 0 Å². The molecule has 1 N–H and O–H groups in total. The summed E-state index contributed by atoms with van der Waals surface area (Å²) in [4.78, 5) is 22.2. The van der Waals surface area contributed by atoms with Gasteiger partial charge in [-0.2, -0.15) is 0 Å². The summed E-state index contributed by atoms with van der Waals surface area (Å²) in [5.74, 6) is -1.03. The van der Waals surface area contributed by atoms with Gasteiger partial charge in [0.2, 0.25) is 0 Å². The van der Waals surface area contributed by atoms with Crippen molar-refractivity contribution in [2.24, 2.45) is 0 Å². The van der Waals surface area contributed by atoms with Crippen LogP contribution < -0.4 is 5.56 Å². The molecule has 0 unspecified atom stereocenters. The average Bonchev–Trinajstić information content (AvgIpc) is 2.32. The minimum absolute atomic E-state index is 0.310. The molecule has 0 spiro atoms. The van der Waals surface area contributed by atoms with Crippen molar-refractivity contribution >= 4 is 5.97 Å². The summed E-state index contributed by atoms with van der Waals surface area (Å²) in [6, 6.07) is 10.9. The smallest absolute Gasteiger partial charge is 0.323 e. The zero-order valence-corrected chi connectivity index (χ0v) is 9.96. The topological polar surface area (TPSA) is 59.3 Å². The highest BCUT2D eigenvalue weighted by atomic mass is 16.4. The molecule has 0 bridgehead atoms. The van der Waals surface area contributed by atoms with Gasteiger partial charge in [-0.3, -0.25) is 9.59 Å². The molecule has 0 radical (unpaired) electrons. The molecule has 0 amide bonds. The molecular formula is C14H13NO3. The Bertz CT molecular complexity index is 643. The van der Waals surface area contributed by atoms with Crippen LogP contribution in [0.25, 0.3) is 11.1 Å². The van der Waals surface area contributed by atoms with Crippen LogP contribution in [0.3, 0.4) is 0 Å². The van der Waals surface area contributed by atoms with Crippen molar-refractivity contribution in [3.8, 4) is 11.1 Å². The molecule has 0 aliphatic heterocycles. The second-order valence-corrected chi connectivity index (χ2v) is 4.09. The zero-order chi connectivity index (χ0) is 13.1. The molecule has 1 heterocycles. The number of hydrogen-bond acceptors (Lipinski definition) is 2. The average molecular weight is 243 g/mol. The summed E-state index contributed by atoms with van der Waals surface area (Å²) < 4.78 is 1.20. The molecular weight excluding hydrogens is 230 g/mol. The van der Waals surface area contributed by atoms with Gasteiger partial charge in [0.15, 0.2) is 0 Å². The maximum absolute atomic E-state index is 11.5. The van der Waals surface area contributed by atoms with E-state index in [2.05, 4.69) is 0 Å². The Kier molecular flexibility index (Phi) is 3.28. The Morgan fingerprint density at radius 1 is 1.22 bits per heavy atom. The lowest BCUT2D eigenvalue weighted by atomic mass is 10.0. The number of aromatic nitrogens is 1. The molecule has 0 aliphatic carbocycles. The van der Waals surface area contributed by atoms with E-state index in [1.807, 2.05) is 31.2 Å². The van der Waals surface area contributed by atoms with Gasteiger partial charge in [0.05, 0.1) is 0 Å². The van der Waals surface area contributed by atoms with Gasteiger partial charge in [0, 0.05) is 12.3 Å². The highest BCUT2D eigenvalue weighted by Gasteiger charge is 2.06. The maximum atomic E-state index is 11.5. The number of carboxylic acids is 1. The first-order chi connectivity index (χ1) is 8.58. The number of aliphatic carboxylic acids is 1. The van der Waals surface area contributed by atoms with Gasteiger partial charge < -0.3 is 9.67 Å². The van der Waals surface area contributed by atoms with Crippen LogP contribution in [0.15, 0.2) is 47.4 Å². The lowest BCUT2D eigenvalue weighted by Crippen LogP contribution is -2.22. The number of benzene rings is 1. The van der Waals surface area contributed by atoms with Crippen molar-refractivity contribution in [2.75, 3.05) is 0 Å². The standard InChI is InChI=1S/C14H13NO3/c1-10-4-2-3-5-12(10)11-6-7-13(16)15(8-11)9-14(17)18/h2-8H,9H2,1H3,(H,17,18). The van der Waals surface area contributed by atoms with E-state index in [4.69, 9.17) is 5.11 Å². The molecule has 2 aromatic rings. The summed E-state index contributed by atoms with van der Waals surface area (Å²) >= 11 is 0. The molecule has 1 aromatic heterocycles. The normalized spacial score (nSPS) is 10.3. The van der Waals surface area contributed by atoms with Crippen molar-refractivity contribution in [3.05, 3.63) is 58.5 Å². The largest absolute Gasteiger partial charge is 0.480 e. The fourth-order valence-electron chi connectivity index (χ4n) is 1.86. The van der Waals surface area contributed by atoms with Crippen molar-refractivity contribution in [2.45, 2.75) is 13.5 Å². The number of aryl methyl sites for hydroxylation is 1. The van der Waals surface area contributed by atoms with E-state index in [9.17, 15) is 9.59 Å². The fourth-order valence-corrected chi connectivity index (χ4v) is 1.86. The molecule has 0 saturated heterocycles. The summed E-state index contributed by atoms with van der Waals surface area (Å²) in [6.07, 6.45) is 1.58. The van der Waals surface area contributed by atoms with Gasteiger partial charge >= 0.3 is 5.97 Å². The predicted octanol–water partition coefficient (Wildman–Crippen LogP) is 1.91. The zero-order valence-electron chi connectivity index (χ0n) is 9.96. The van der Waals surface area contributed by atoms with Crippen molar-refractivity contribution in [1.29, 1.82) is 0 Å². The molecule has 0 fully saturated rings. The van der Waals surface area contributed by atoms with E-state index in [1.165, 1.54) is 10.6 Å². The first-order valence-corrected chi connectivity index (χ1v) is 5.56. The molecule has 0 saturated carbocycles. The van der Waals surface area contributed by atoms with Crippen LogP contribution in [-0.2, 0) is 11.3 Å². The van der Waals surface area contributed by atoms with Crippen LogP contribution in [0.2, 0.25) is 0 Å². The lowest BCUT2D eigenvalue weighted by Gasteiger charge is -2.08. The summed E-state index contributed by atoms with van der Waals surface area (Å²) in [5.41, 5.74) is 2.61. The summed E-state index contributed by atoms with van der Waals surface area (Å²) in [7, 11) is 0. The minimum Gasteiger partial charge on any atom is -0.480 e. The van der Waals surface area contributed by atoms with Crippen LogP contribution in [0.1, 0.15) is 5.56 Å². The first-order valence-electron chi connectivity index (χ1n) is 5.56. The molecule has 0 aliphatic rings. The predicted molar refractivity (Wildman–Crippen MR) is 68.5 cm³/mol. The molecule has 4 heteroatoms. The number of carbonyl (C=O) groups is 1. The number of carboxylic acid groups (broad SMARTS) is 1. The van der Waals surface area contributed by atoms with Crippen molar-refractivity contribution in [1.82, 2.24) is 4.57 Å². The fraction of sp³-hybridized carbons (Fsp3) is 0.143. The van der Waals surface area contributed by atoms with Crippen LogP contribution in [0.4, 0.5) is 0 Å². The third-order valence-corrected chi connectivity index (χ3v) is 2.75. The van der Waals surface area contributed by atoms with E-state index >= 15 is 0 Å². The third-order valence-electron chi connectivity index (χ3n) is 2.75. The first kappa shape index (κ1) is 12.1. The van der Waals surface area contributed by atoms with Gasteiger partial charge in [-0.25, -0.2) is 0 Å². The van der Waals surface area contributed by atoms with Gasteiger partial charge in [0.1, 0.15) is 6.54 Å². The van der Waals surface area contributed by atoms with Crippen molar-refractivity contribution in [3.63, 3.8) is 0 Å².